The van der Waals surface area contributed by atoms with E-state index in [-0.39, 0.29) is 27.9 Å². The van der Waals surface area contributed by atoms with Crippen LogP contribution in [0.2, 0.25) is 0 Å². The number of sulfonamides is 1. The monoisotopic (exact) mass is 502 g/mol. The van der Waals surface area contributed by atoms with E-state index in [1.54, 1.807) is 18.2 Å². The number of hydrogen-bond acceptors (Lipinski definition) is 7. The minimum absolute atomic E-state index is 0.0202. The predicted octanol–water partition coefficient (Wildman–Crippen LogP) is 2.22. The van der Waals surface area contributed by atoms with E-state index in [0.717, 1.165) is 19.3 Å². The third-order valence-electron chi connectivity index (χ3n) is 5.86. The van der Waals surface area contributed by atoms with Crippen molar-refractivity contribution in [3.8, 4) is 5.75 Å². The minimum Gasteiger partial charge on any atom is -0.495 e. The fourth-order valence-corrected chi connectivity index (χ4v) is 5.97. The number of carbonyl (C=O) groups is 2. The van der Waals surface area contributed by atoms with Crippen LogP contribution in [0.3, 0.4) is 0 Å². The van der Waals surface area contributed by atoms with Crippen LogP contribution < -0.4 is 15.7 Å². The third-order valence-corrected chi connectivity index (χ3v) is 7.90. The number of nitrogens with zero attached hydrogens (tertiary/aromatic N) is 1. The van der Waals surface area contributed by atoms with Crippen molar-refractivity contribution in [2.24, 2.45) is 0 Å². The average Bonchev–Trinajstić information content (AvgIpc) is 3.21. The lowest BCUT2D eigenvalue weighted by Crippen LogP contribution is -2.42. The van der Waals surface area contributed by atoms with Crippen LogP contribution in [-0.2, 0) is 19.6 Å². The molecule has 1 atom stereocenters. The summed E-state index contributed by atoms with van der Waals surface area (Å²) in [6.07, 6.45) is 2.47. The first kappa shape index (κ1) is 24.5. The van der Waals surface area contributed by atoms with Crippen LogP contribution in [0.15, 0.2) is 46.1 Å². The number of aromatic amines is 2. The number of carbonyl (C=O) groups excluding carboxylic acids is 2. The molecule has 0 saturated carbocycles. The Hall–Kier alpha value is -3.64. The van der Waals surface area contributed by atoms with Crippen molar-refractivity contribution in [3.63, 3.8) is 0 Å². The van der Waals surface area contributed by atoms with Gasteiger partial charge in [0.15, 0.2) is 6.61 Å². The molecule has 0 bridgehead atoms. The number of esters is 1. The summed E-state index contributed by atoms with van der Waals surface area (Å²) in [4.78, 5) is 41.3. The summed E-state index contributed by atoms with van der Waals surface area (Å²) >= 11 is 0. The molecule has 4 rings (SSSR count). The van der Waals surface area contributed by atoms with E-state index in [9.17, 15) is 22.8 Å². The Morgan fingerprint density at radius 1 is 1.11 bits per heavy atom. The van der Waals surface area contributed by atoms with Crippen molar-refractivity contribution in [1.29, 1.82) is 0 Å². The standard InChI is InChI=1S/C23H26N4O7S/c1-14-5-3-4-10-27(14)35(31,32)20-11-15(6-9-19(20)33-2)22(29)34-13-21(28)24-16-7-8-17-18(12-16)26-23(30)25-17/h6-9,11-12,14H,3-5,10,13H2,1-2H3,(H,24,28)(H2,25,26,30)/t14-/m1/s1. The van der Waals surface area contributed by atoms with Gasteiger partial charge in [-0.1, -0.05) is 6.42 Å². The van der Waals surface area contributed by atoms with Gasteiger partial charge >= 0.3 is 11.7 Å². The van der Waals surface area contributed by atoms with Crippen LogP contribution in [0.1, 0.15) is 36.5 Å². The highest BCUT2D eigenvalue weighted by molar-refractivity contribution is 7.89. The molecular weight excluding hydrogens is 476 g/mol. The molecule has 2 aromatic carbocycles. The van der Waals surface area contributed by atoms with Crippen LogP contribution in [0.25, 0.3) is 11.0 Å². The van der Waals surface area contributed by atoms with Crippen molar-refractivity contribution in [1.82, 2.24) is 14.3 Å². The second-order valence-electron chi connectivity index (χ2n) is 8.29. The van der Waals surface area contributed by atoms with Gasteiger partial charge in [-0.2, -0.15) is 4.31 Å². The number of nitrogens with one attached hydrogen (secondary N) is 3. The number of benzene rings is 2. The topological polar surface area (TPSA) is 151 Å². The van der Waals surface area contributed by atoms with Crippen LogP contribution in [0.4, 0.5) is 5.69 Å². The fourth-order valence-electron chi connectivity index (χ4n) is 4.08. The van der Waals surface area contributed by atoms with Crippen LogP contribution in [0.5, 0.6) is 5.75 Å². The maximum Gasteiger partial charge on any atom is 0.338 e. The van der Waals surface area contributed by atoms with Crippen molar-refractivity contribution in [2.45, 2.75) is 37.1 Å². The molecule has 1 aromatic heterocycles. The van der Waals surface area contributed by atoms with Gasteiger partial charge in [0.2, 0.25) is 10.0 Å². The highest BCUT2D eigenvalue weighted by atomic mass is 32.2. The molecule has 0 unspecified atom stereocenters. The molecule has 186 valence electrons. The Morgan fingerprint density at radius 2 is 1.89 bits per heavy atom. The van der Waals surface area contributed by atoms with Crippen molar-refractivity contribution < 1.29 is 27.5 Å². The van der Waals surface area contributed by atoms with Gasteiger partial charge in [-0.3, -0.25) is 4.79 Å². The summed E-state index contributed by atoms with van der Waals surface area (Å²) in [5.74, 6) is -1.33. The number of ether oxygens (including phenoxy) is 2. The SMILES string of the molecule is COc1ccc(C(=O)OCC(=O)Nc2ccc3[nH]c(=O)[nH]c3c2)cc1S(=O)(=O)N1CCCC[C@H]1C. The molecule has 3 N–H and O–H groups in total. The van der Waals surface area contributed by atoms with Gasteiger partial charge in [-0.05, 0) is 56.2 Å². The Balaban J connectivity index is 1.46. The molecule has 0 aliphatic carbocycles. The number of methoxy groups -OCH3 is 1. The summed E-state index contributed by atoms with van der Waals surface area (Å²) in [6, 6.07) is 8.60. The largest absolute Gasteiger partial charge is 0.495 e. The van der Waals surface area contributed by atoms with Gasteiger partial charge in [0, 0.05) is 18.3 Å². The normalized spacial score (nSPS) is 16.7. The van der Waals surface area contributed by atoms with Gasteiger partial charge in [-0.25, -0.2) is 18.0 Å². The fraction of sp³-hybridized carbons (Fsp3) is 0.348. The maximum atomic E-state index is 13.3. The summed E-state index contributed by atoms with van der Waals surface area (Å²) < 4.78 is 38.4. The highest BCUT2D eigenvalue weighted by Gasteiger charge is 2.33. The van der Waals surface area contributed by atoms with Crippen LogP contribution in [-0.4, -0.2) is 60.9 Å². The summed E-state index contributed by atoms with van der Waals surface area (Å²) in [5, 5.41) is 2.58. The smallest absolute Gasteiger partial charge is 0.338 e. The second-order valence-corrected chi connectivity index (χ2v) is 10.1. The van der Waals surface area contributed by atoms with E-state index >= 15 is 0 Å². The van der Waals surface area contributed by atoms with Gasteiger partial charge in [0.05, 0.1) is 23.7 Å². The van der Waals surface area contributed by atoms with Gasteiger partial charge in [-0.15, -0.1) is 0 Å². The molecule has 2 heterocycles. The molecule has 35 heavy (non-hydrogen) atoms. The zero-order chi connectivity index (χ0) is 25.2. The number of imidazole rings is 1. The molecule has 1 saturated heterocycles. The Kier molecular flexibility index (Phi) is 6.94. The summed E-state index contributed by atoms with van der Waals surface area (Å²) in [6.45, 7) is 1.66. The Labute approximate surface area is 201 Å². The lowest BCUT2D eigenvalue weighted by molar-refractivity contribution is -0.119. The number of amides is 1. The van der Waals surface area contributed by atoms with Crippen molar-refractivity contribution in [2.75, 3.05) is 25.6 Å². The van der Waals surface area contributed by atoms with Crippen molar-refractivity contribution >= 4 is 38.6 Å². The molecule has 3 aromatic rings. The molecule has 0 spiro atoms. The zero-order valence-electron chi connectivity index (χ0n) is 19.3. The molecule has 0 radical (unpaired) electrons. The maximum absolute atomic E-state index is 13.3. The first-order valence-electron chi connectivity index (χ1n) is 11.1. The van der Waals surface area contributed by atoms with E-state index in [1.807, 2.05) is 6.92 Å². The number of fused-ring (bicyclic) bond motifs is 1. The summed E-state index contributed by atoms with van der Waals surface area (Å²) in [7, 11) is -2.55. The van der Waals surface area contributed by atoms with Crippen LogP contribution in [0, 0.1) is 0 Å². The number of aromatic nitrogens is 2. The lowest BCUT2D eigenvalue weighted by atomic mass is 10.1. The molecule has 1 aliphatic heterocycles. The van der Waals surface area contributed by atoms with Gasteiger partial charge in [0.1, 0.15) is 10.6 Å². The van der Waals surface area contributed by atoms with Gasteiger partial charge < -0.3 is 24.8 Å². The summed E-state index contributed by atoms with van der Waals surface area (Å²) in [5.41, 5.74) is 1.12. The van der Waals surface area contributed by atoms with E-state index < -0.39 is 28.5 Å². The highest BCUT2D eigenvalue weighted by Crippen LogP contribution is 2.31. The van der Waals surface area contributed by atoms with E-state index in [4.69, 9.17) is 9.47 Å². The number of hydrogen-bond donors (Lipinski definition) is 3. The number of H-pyrrole nitrogens is 2. The number of rotatable bonds is 7. The zero-order valence-corrected chi connectivity index (χ0v) is 20.1. The molecule has 12 heteroatoms. The number of piperidine rings is 1. The van der Waals surface area contributed by atoms with Crippen molar-refractivity contribution in [3.05, 3.63) is 52.4 Å². The van der Waals surface area contributed by atoms with Gasteiger partial charge in [0.25, 0.3) is 5.91 Å². The Morgan fingerprint density at radius 3 is 2.63 bits per heavy atom. The molecule has 1 aliphatic rings. The molecule has 1 amide bonds. The third kappa shape index (κ3) is 5.23. The van der Waals surface area contributed by atoms with E-state index in [1.165, 1.54) is 29.6 Å². The minimum atomic E-state index is -3.90. The van der Waals surface area contributed by atoms with E-state index in [0.29, 0.717) is 23.3 Å². The van der Waals surface area contributed by atoms with E-state index in [2.05, 4.69) is 15.3 Å². The van der Waals surface area contributed by atoms with Crippen LogP contribution >= 0.6 is 0 Å². The Bertz CT molecular complexity index is 1430. The number of anilines is 1. The predicted molar refractivity (Wildman–Crippen MR) is 128 cm³/mol. The quantitative estimate of drug-likeness (QED) is 0.419. The molecule has 11 nitrogen and oxygen atoms in total. The molecule has 1 fully saturated rings. The first-order valence-corrected chi connectivity index (χ1v) is 12.5. The first-order chi connectivity index (χ1) is 16.7. The second kappa shape index (κ2) is 9.92. The molecular formula is C23H26N4O7S. The average molecular weight is 503 g/mol. The lowest BCUT2D eigenvalue weighted by Gasteiger charge is -2.32.